The Balaban J connectivity index is 1.62. The minimum absolute atomic E-state index is 0.0646. The molecule has 0 bridgehead atoms. The number of ether oxygens (including phenoxy) is 1. The van der Waals surface area contributed by atoms with Gasteiger partial charge >= 0.3 is 0 Å². The summed E-state index contributed by atoms with van der Waals surface area (Å²) in [6.07, 6.45) is 3.27. The van der Waals surface area contributed by atoms with Crippen molar-refractivity contribution in [2.45, 2.75) is 57.2 Å². The van der Waals surface area contributed by atoms with E-state index >= 15 is 0 Å². The lowest BCUT2D eigenvalue weighted by atomic mass is 10.0. The van der Waals surface area contributed by atoms with Crippen LogP contribution in [0.2, 0.25) is 0 Å². The fourth-order valence-corrected chi connectivity index (χ4v) is 5.21. The van der Waals surface area contributed by atoms with Crippen LogP contribution in [0.4, 0.5) is 4.39 Å². The van der Waals surface area contributed by atoms with Gasteiger partial charge in [-0.2, -0.15) is 0 Å². The molecule has 0 aliphatic carbocycles. The number of carbonyl (C=O) groups excluding carboxylic acids is 4. The zero-order chi connectivity index (χ0) is 32.2. The van der Waals surface area contributed by atoms with E-state index in [-0.39, 0.29) is 24.4 Å². The van der Waals surface area contributed by atoms with E-state index in [1.54, 1.807) is 55.4 Å². The first-order chi connectivity index (χ1) is 21.7. The molecule has 1 heterocycles. The maximum absolute atomic E-state index is 13.8. The van der Waals surface area contributed by atoms with Gasteiger partial charge in [-0.05, 0) is 48.2 Å². The number of rotatable bonds is 5. The van der Waals surface area contributed by atoms with Gasteiger partial charge in [0.25, 0.3) is 5.91 Å². The first-order valence-corrected chi connectivity index (χ1v) is 15.3. The van der Waals surface area contributed by atoms with Gasteiger partial charge in [-0.1, -0.05) is 67.4 Å². The number of likely N-dealkylation sites (N-methyl/N-ethyl adjacent to an activating group) is 2. The molecule has 1 aliphatic rings. The van der Waals surface area contributed by atoms with Gasteiger partial charge in [0, 0.05) is 33.6 Å². The van der Waals surface area contributed by atoms with Crippen LogP contribution < -0.4 is 15.4 Å². The van der Waals surface area contributed by atoms with Crippen LogP contribution in [0.5, 0.6) is 5.75 Å². The third-order valence-electron chi connectivity index (χ3n) is 7.95. The number of hydrogen-bond acceptors (Lipinski definition) is 5. The van der Waals surface area contributed by atoms with E-state index in [0.29, 0.717) is 30.9 Å². The summed E-state index contributed by atoms with van der Waals surface area (Å²) in [4.78, 5) is 57.5. The lowest BCUT2D eigenvalue weighted by Gasteiger charge is -2.32. The van der Waals surface area contributed by atoms with Gasteiger partial charge in [-0.15, -0.1) is 0 Å². The summed E-state index contributed by atoms with van der Waals surface area (Å²) in [7, 11) is 3.29. The molecule has 1 aliphatic heterocycles. The largest absolute Gasteiger partial charge is 0.493 e. The Morgan fingerprint density at radius 3 is 2.33 bits per heavy atom. The summed E-state index contributed by atoms with van der Waals surface area (Å²) >= 11 is 0. The first kappa shape index (κ1) is 33.2. The van der Waals surface area contributed by atoms with Crippen molar-refractivity contribution >= 4 is 23.6 Å². The topological polar surface area (TPSA) is 108 Å². The summed E-state index contributed by atoms with van der Waals surface area (Å²) in [6.45, 7) is 1.01. The smallest absolute Gasteiger partial charge is 0.255 e. The zero-order valence-electron chi connectivity index (χ0n) is 25.8. The highest BCUT2D eigenvalue weighted by Crippen LogP contribution is 2.20. The molecule has 238 valence electrons. The molecule has 3 aromatic rings. The fourth-order valence-electron chi connectivity index (χ4n) is 5.21. The minimum atomic E-state index is -1.26. The zero-order valence-corrected chi connectivity index (χ0v) is 25.8. The molecule has 10 heteroatoms. The van der Waals surface area contributed by atoms with Crippen LogP contribution in [0.1, 0.15) is 53.6 Å². The Kier molecular flexibility index (Phi) is 12.1. The summed E-state index contributed by atoms with van der Waals surface area (Å²) in [5.74, 6) is -1.86. The van der Waals surface area contributed by atoms with E-state index in [2.05, 4.69) is 10.6 Å². The Labute approximate surface area is 263 Å². The Morgan fingerprint density at radius 2 is 1.58 bits per heavy atom. The molecule has 2 atom stereocenters. The number of nitrogens with one attached hydrogen (secondary N) is 2. The van der Waals surface area contributed by atoms with Crippen molar-refractivity contribution in [3.63, 3.8) is 0 Å². The summed E-state index contributed by atoms with van der Waals surface area (Å²) < 4.78 is 19.3. The van der Waals surface area contributed by atoms with Crippen molar-refractivity contribution < 1.29 is 28.3 Å². The lowest BCUT2D eigenvalue weighted by Crippen LogP contribution is -2.53. The van der Waals surface area contributed by atoms with Gasteiger partial charge in [-0.25, -0.2) is 4.39 Å². The predicted molar refractivity (Wildman–Crippen MR) is 169 cm³/mol. The van der Waals surface area contributed by atoms with Crippen molar-refractivity contribution in [1.29, 1.82) is 0 Å². The number of hydrogen-bond donors (Lipinski definition) is 2. The highest BCUT2D eigenvalue weighted by molar-refractivity contribution is 6.01. The summed E-state index contributed by atoms with van der Waals surface area (Å²) in [5, 5.41) is 5.47. The number of fused-ring (bicyclic) bond motifs is 1. The summed E-state index contributed by atoms with van der Waals surface area (Å²) in [6, 6.07) is 19.8. The van der Waals surface area contributed by atoms with Crippen LogP contribution >= 0.6 is 0 Å². The number of halogens is 1. The Morgan fingerprint density at radius 1 is 0.889 bits per heavy atom. The van der Waals surface area contributed by atoms with Crippen molar-refractivity contribution in [3.8, 4) is 5.75 Å². The van der Waals surface area contributed by atoms with Crippen LogP contribution in [0.15, 0.2) is 78.9 Å². The SMILES string of the molecule is CN1CCCCCCOc2ccccc2C(=O)N[C@H](C(=O)NCc2ccc(F)cc2)CC(=O)N(C)[C@@H](Cc2ccccc2)C1=O. The van der Waals surface area contributed by atoms with Crippen molar-refractivity contribution in [1.82, 2.24) is 20.4 Å². The number of nitrogens with zero attached hydrogens (tertiary/aromatic N) is 2. The van der Waals surface area contributed by atoms with E-state index < -0.39 is 35.6 Å². The molecule has 9 nitrogen and oxygen atoms in total. The molecule has 2 N–H and O–H groups in total. The van der Waals surface area contributed by atoms with Gasteiger partial charge in [0.05, 0.1) is 18.6 Å². The molecule has 0 aromatic heterocycles. The Bertz CT molecular complexity index is 1450. The van der Waals surface area contributed by atoms with Crippen molar-refractivity contribution in [2.75, 3.05) is 27.2 Å². The molecule has 45 heavy (non-hydrogen) atoms. The van der Waals surface area contributed by atoms with E-state index in [9.17, 15) is 23.6 Å². The minimum Gasteiger partial charge on any atom is -0.493 e. The molecule has 4 rings (SSSR count). The number of benzene rings is 3. The van der Waals surface area contributed by atoms with Crippen LogP contribution in [0.25, 0.3) is 0 Å². The molecule has 0 fully saturated rings. The second-order valence-corrected chi connectivity index (χ2v) is 11.3. The highest BCUT2D eigenvalue weighted by atomic mass is 19.1. The van der Waals surface area contributed by atoms with E-state index in [1.165, 1.54) is 17.0 Å². The standard InChI is InChI=1S/C35H41FN4O5/c1-39-20-10-3-4-11-21-45-31-15-9-8-14-28(31)33(42)38-29(34(43)37-24-26-16-18-27(36)19-17-26)23-32(41)40(2)30(35(39)44)22-25-12-6-5-7-13-25/h5-9,12-19,29-30H,3-4,10-11,20-24H2,1-2H3,(H,37,43)(H,38,42)/t29-,30-/m0/s1. The molecule has 0 radical (unpaired) electrons. The quantitative estimate of drug-likeness (QED) is 0.449. The lowest BCUT2D eigenvalue weighted by molar-refractivity contribution is -0.144. The number of amides is 4. The number of para-hydroxylation sites is 1. The van der Waals surface area contributed by atoms with E-state index in [4.69, 9.17) is 4.74 Å². The third-order valence-corrected chi connectivity index (χ3v) is 7.95. The predicted octanol–water partition coefficient (Wildman–Crippen LogP) is 4.11. The van der Waals surface area contributed by atoms with Crippen LogP contribution in [0.3, 0.4) is 0 Å². The van der Waals surface area contributed by atoms with Crippen molar-refractivity contribution in [2.24, 2.45) is 0 Å². The van der Waals surface area contributed by atoms with Crippen LogP contribution in [-0.2, 0) is 27.3 Å². The maximum Gasteiger partial charge on any atom is 0.255 e. The number of carbonyl (C=O) groups is 4. The second-order valence-electron chi connectivity index (χ2n) is 11.3. The van der Waals surface area contributed by atoms with Gasteiger partial charge in [0.15, 0.2) is 0 Å². The molecule has 0 saturated carbocycles. The normalized spacial score (nSPS) is 19.0. The Hall–Kier alpha value is -4.73. The molecule has 0 unspecified atom stereocenters. The van der Waals surface area contributed by atoms with Gasteiger partial charge in [-0.3, -0.25) is 19.2 Å². The fraction of sp³-hybridized carbons (Fsp3) is 0.371. The molecule has 0 spiro atoms. The average Bonchev–Trinajstić information content (AvgIpc) is 3.05. The van der Waals surface area contributed by atoms with Gasteiger partial charge in [0.1, 0.15) is 23.7 Å². The molecular weight excluding hydrogens is 575 g/mol. The van der Waals surface area contributed by atoms with E-state index in [1.807, 2.05) is 30.3 Å². The highest BCUT2D eigenvalue weighted by Gasteiger charge is 2.33. The van der Waals surface area contributed by atoms with Crippen molar-refractivity contribution in [3.05, 3.63) is 101 Å². The monoisotopic (exact) mass is 616 g/mol. The molecule has 4 amide bonds. The van der Waals surface area contributed by atoms with Gasteiger partial charge < -0.3 is 25.2 Å². The molecule has 3 aromatic carbocycles. The summed E-state index contributed by atoms with van der Waals surface area (Å²) in [5.41, 5.74) is 1.79. The molecular formula is C35H41FN4O5. The van der Waals surface area contributed by atoms with Gasteiger partial charge in [0.2, 0.25) is 17.7 Å². The van der Waals surface area contributed by atoms with Crippen LogP contribution in [-0.4, -0.2) is 72.8 Å². The third kappa shape index (κ3) is 9.63. The molecule has 0 saturated heterocycles. The van der Waals surface area contributed by atoms with E-state index in [0.717, 1.165) is 31.2 Å². The maximum atomic E-state index is 13.8. The van der Waals surface area contributed by atoms with Crippen LogP contribution in [0, 0.1) is 5.82 Å². The second kappa shape index (κ2) is 16.4. The first-order valence-electron chi connectivity index (χ1n) is 15.3. The average molecular weight is 617 g/mol.